The van der Waals surface area contributed by atoms with Gasteiger partial charge in [-0.15, -0.1) is 35.7 Å². The number of para-hydroxylation sites is 1. The molecule has 0 bridgehead atoms. The minimum atomic E-state index is 0. The molecule has 2 unspecified atom stereocenters. The molecular weight excluding hydrogens is 824 g/mol. The summed E-state index contributed by atoms with van der Waals surface area (Å²) in [5, 5.41) is 7.06. The second-order valence-corrected chi connectivity index (χ2v) is 13.9. The third-order valence-corrected chi connectivity index (χ3v) is 10.3. The summed E-state index contributed by atoms with van der Waals surface area (Å²) in [4.78, 5) is 4.68. The minimum Gasteiger partial charge on any atom is -0.509 e. The molecule has 0 aliphatic heterocycles. The van der Waals surface area contributed by atoms with Gasteiger partial charge in [0.05, 0.1) is 13.3 Å². The van der Waals surface area contributed by atoms with Crippen LogP contribution in [0.4, 0.5) is 0 Å². The number of benzene rings is 4. The van der Waals surface area contributed by atoms with E-state index in [1.165, 1.54) is 27.8 Å². The van der Waals surface area contributed by atoms with Crippen LogP contribution >= 0.6 is 0 Å². The summed E-state index contributed by atoms with van der Waals surface area (Å²) in [6.45, 7) is 13.8. The van der Waals surface area contributed by atoms with Gasteiger partial charge in [-0.05, 0) is 89.5 Å². The number of aryl methyl sites for hydroxylation is 2. The number of hydrogen-bond donors (Lipinski definition) is 0. The molecule has 0 N–H and O–H groups in total. The van der Waals surface area contributed by atoms with Crippen LogP contribution in [0.1, 0.15) is 62.8 Å². The molecule has 3 heterocycles. The normalized spacial score (nSPS) is 12.5. The fraction of sp³-hybridized carbons (Fsp3) is 0.289. The predicted molar refractivity (Wildman–Crippen MR) is 208 cm³/mol. The van der Waals surface area contributed by atoms with Crippen molar-refractivity contribution in [3.8, 4) is 39.9 Å². The van der Waals surface area contributed by atoms with Crippen molar-refractivity contribution in [1.29, 1.82) is 0 Å². The van der Waals surface area contributed by atoms with Crippen molar-refractivity contribution in [2.45, 2.75) is 67.2 Å². The van der Waals surface area contributed by atoms with E-state index in [0.717, 1.165) is 70.3 Å². The Bertz CT molecular complexity index is 2300. The van der Waals surface area contributed by atoms with Crippen molar-refractivity contribution < 1.29 is 30.5 Å². The number of aromatic nitrogens is 4. The van der Waals surface area contributed by atoms with Gasteiger partial charge in [0.2, 0.25) is 0 Å². The van der Waals surface area contributed by atoms with E-state index in [9.17, 15) is 0 Å². The Hall–Kier alpha value is -4.67. The smallest absolute Gasteiger partial charge is 0.509 e. The quantitative estimate of drug-likeness (QED) is 0.115. The molecule has 0 radical (unpaired) electrons. The van der Waals surface area contributed by atoms with Gasteiger partial charge in [0, 0.05) is 41.0 Å². The summed E-state index contributed by atoms with van der Waals surface area (Å²) in [5.74, 6) is 3.86. The molecule has 7 rings (SSSR count). The number of ether oxygens (including phenoxy) is 2. The molecule has 6 nitrogen and oxygen atoms in total. The zero-order valence-electron chi connectivity index (χ0n) is 31.1. The average molecular weight is 870 g/mol. The number of methoxy groups -OCH3 is 1. The van der Waals surface area contributed by atoms with Gasteiger partial charge in [-0.1, -0.05) is 70.3 Å². The fourth-order valence-electron chi connectivity index (χ4n) is 7.09. The van der Waals surface area contributed by atoms with Gasteiger partial charge in [-0.3, -0.25) is 4.68 Å². The van der Waals surface area contributed by atoms with E-state index in [1.807, 2.05) is 53.3 Å². The Labute approximate surface area is 322 Å². The van der Waals surface area contributed by atoms with Gasteiger partial charge in [-0.25, -0.2) is 4.98 Å². The van der Waals surface area contributed by atoms with Gasteiger partial charge in [0.1, 0.15) is 11.6 Å². The topological polar surface area (TPSA) is 54.1 Å². The first-order valence-electron chi connectivity index (χ1n) is 18.1. The standard InChI is InChI=1S/C45H46N4O2.Pt/c1-8-29(3)21-40-31(5)23-32(6)41(22-30(4)9-2)45(40)33-27-47-48(28-33)34-13-12-14-36(24-34)51-37-17-18-39-38-15-10-11-16-42(38)49(43(39)25-37)44-26-35(50-7)19-20-46-44;/h10-20,23,26-30H,8-9,21-22H2,1-7H3;/q-2;+2. The van der Waals surface area contributed by atoms with Crippen LogP contribution in [-0.2, 0) is 33.9 Å². The van der Waals surface area contributed by atoms with Crippen molar-refractivity contribution in [3.05, 3.63) is 126 Å². The van der Waals surface area contributed by atoms with E-state index >= 15 is 0 Å². The molecule has 0 aliphatic carbocycles. The molecule has 52 heavy (non-hydrogen) atoms. The monoisotopic (exact) mass is 869 g/mol. The molecule has 4 aromatic carbocycles. The number of rotatable bonds is 12. The van der Waals surface area contributed by atoms with Gasteiger partial charge in [-0.2, -0.15) is 17.2 Å². The van der Waals surface area contributed by atoms with Crippen LogP contribution in [0.2, 0.25) is 0 Å². The van der Waals surface area contributed by atoms with Crippen LogP contribution in [-0.4, -0.2) is 26.4 Å². The molecule has 3 aromatic heterocycles. The Morgan fingerprint density at radius 2 is 1.50 bits per heavy atom. The van der Waals surface area contributed by atoms with Crippen molar-refractivity contribution in [2.24, 2.45) is 11.8 Å². The number of pyridine rings is 1. The zero-order valence-corrected chi connectivity index (χ0v) is 33.3. The maximum absolute atomic E-state index is 6.44. The van der Waals surface area contributed by atoms with Crippen LogP contribution < -0.4 is 9.47 Å². The van der Waals surface area contributed by atoms with E-state index in [0.29, 0.717) is 23.3 Å². The Morgan fingerprint density at radius 3 is 2.21 bits per heavy atom. The van der Waals surface area contributed by atoms with Crippen LogP contribution in [0.3, 0.4) is 0 Å². The molecule has 2 atom stereocenters. The summed E-state index contributed by atoms with van der Waals surface area (Å²) >= 11 is 0. The fourth-order valence-corrected chi connectivity index (χ4v) is 7.09. The molecule has 7 heteroatoms. The Morgan fingerprint density at radius 1 is 0.788 bits per heavy atom. The van der Waals surface area contributed by atoms with Crippen molar-refractivity contribution in [2.75, 3.05) is 7.11 Å². The number of fused-ring (bicyclic) bond motifs is 3. The third kappa shape index (κ3) is 7.32. The van der Waals surface area contributed by atoms with Crippen LogP contribution in [0.25, 0.3) is 44.4 Å². The van der Waals surface area contributed by atoms with Crippen molar-refractivity contribution in [1.82, 2.24) is 19.3 Å². The maximum Gasteiger partial charge on any atom is 2.00 e. The zero-order chi connectivity index (χ0) is 35.6. The van der Waals surface area contributed by atoms with Crippen LogP contribution in [0.5, 0.6) is 17.2 Å². The Kier molecular flexibility index (Phi) is 11.4. The van der Waals surface area contributed by atoms with Gasteiger partial charge in [0.15, 0.2) is 0 Å². The summed E-state index contributed by atoms with van der Waals surface area (Å²) < 4.78 is 16.0. The SMILES string of the molecule is CCC(C)Cc1c(C)cc(C)c(CC(C)CC)c1-c1cnn(-c2[c-]c(Oc3[c-]c4c(cc3)c3ccccc3n4-c3cc(OC)ccn3)ccc2)c1.[Pt+2]. The van der Waals surface area contributed by atoms with Gasteiger partial charge < -0.3 is 14.0 Å². The van der Waals surface area contributed by atoms with Crippen LogP contribution in [0, 0.1) is 37.8 Å². The molecule has 7 aromatic rings. The molecule has 0 aliphatic rings. The second-order valence-electron chi connectivity index (χ2n) is 13.9. The molecular formula is C45H46N4O2Pt. The minimum absolute atomic E-state index is 0. The van der Waals surface area contributed by atoms with Gasteiger partial charge >= 0.3 is 21.1 Å². The van der Waals surface area contributed by atoms with E-state index in [2.05, 4.69) is 99.8 Å². The van der Waals surface area contributed by atoms with E-state index in [4.69, 9.17) is 14.6 Å². The first kappa shape index (κ1) is 37.1. The van der Waals surface area contributed by atoms with E-state index in [1.54, 1.807) is 13.3 Å². The molecule has 0 amide bonds. The van der Waals surface area contributed by atoms with E-state index < -0.39 is 0 Å². The first-order valence-corrected chi connectivity index (χ1v) is 18.1. The van der Waals surface area contributed by atoms with E-state index in [-0.39, 0.29) is 21.1 Å². The summed E-state index contributed by atoms with van der Waals surface area (Å²) in [6, 6.07) is 31.4. The molecule has 0 saturated carbocycles. The summed E-state index contributed by atoms with van der Waals surface area (Å²) in [5.41, 5.74) is 10.8. The molecule has 268 valence electrons. The van der Waals surface area contributed by atoms with Crippen molar-refractivity contribution >= 4 is 21.8 Å². The second kappa shape index (κ2) is 15.9. The Balaban J connectivity index is 0.00000464. The third-order valence-electron chi connectivity index (χ3n) is 10.3. The molecule has 0 fully saturated rings. The first-order chi connectivity index (χ1) is 24.8. The van der Waals surface area contributed by atoms with Crippen LogP contribution in [0.15, 0.2) is 91.4 Å². The predicted octanol–water partition coefficient (Wildman–Crippen LogP) is 11.2. The summed E-state index contributed by atoms with van der Waals surface area (Å²) in [7, 11) is 1.66. The average Bonchev–Trinajstić information content (AvgIpc) is 3.77. The largest absolute Gasteiger partial charge is 2.00 e. The van der Waals surface area contributed by atoms with Crippen molar-refractivity contribution in [3.63, 3.8) is 0 Å². The van der Waals surface area contributed by atoms with Gasteiger partial charge in [0.25, 0.3) is 0 Å². The summed E-state index contributed by atoms with van der Waals surface area (Å²) in [6.07, 6.45) is 10.3. The molecule has 0 spiro atoms. The number of hydrogen-bond acceptors (Lipinski definition) is 4. The maximum atomic E-state index is 6.44. The molecule has 0 saturated heterocycles. The number of nitrogens with zero attached hydrogens (tertiary/aromatic N) is 4.